The maximum Gasteiger partial charge on any atom is 0.573 e. The van der Waals surface area contributed by atoms with E-state index in [1.54, 1.807) is 11.1 Å². The fourth-order valence-corrected chi connectivity index (χ4v) is 3.88. The molecule has 1 aromatic carbocycles. The van der Waals surface area contributed by atoms with E-state index in [4.69, 9.17) is 4.98 Å². The molecule has 2 aromatic rings. The second-order valence-corrected chi connectivity index (χ2v) is 7.71. The zero-order valence-electron chi connectivity index (χ0n) is 17.5. The van der Waals surface area contributed by atoms with Crippen LogP contribution in [0.25, 0.3) is 0 Å². The number of carbonyl (C=O) groups excluding carboxylic acids is 1. The van der Waals surface area contributed by atoms with Crippen LogP contribution in [0.5, 0.6) is 5.75 Å². The van der Waals surface area contributed by atoms with E-state index in [1.165, 1.54) is 24.6 Å². The lowest BCUT2D eigenvalue weighted by Crippen LogP contribution is -2.50. The molecule has 0 radical (unpaired) electrons. The molecular weight excluding hydrogens is 425 g/mol. The lowest BCUT2D eigenvalue weighted by atomic mass is 10.1. The van der Waals surface area contributed by atoms with E-state index in [1.807, 2.05) is 6.07 Å². The molecule has 2 fully saturated rings. The molecule has 0 bridgehead atoms. The number of urea groups is 1. The standard InChI is InChI=1S/C21H25F3N6O2/c22-21(23,24)32-17-7-3-2-6-16(17)26-20(31)30-14-12-28(13-15-30)18-8-9-25-19(27-18)29-10-4-1-5-11-29/h2-3,6-9H,1,4-5,10-15H2,(H,26,31). The molecule has 1 aromatic heterocycles. The van der Waals surface area contributed by atoms with Crippen LogP contribution < -0.4 is 19.9 Å². The summed E-state index contributed by atoms with van der Waals surface area (Å²) >= 11 is 0. The van der Waals surface area contributed by atoms with Gasteiger partial charge in [0.2, 0.25) is 5.95 Å². The second-order valence-electron chi connectivity index (χ2n) is 7.71. The van der Waals surface area contributed by atoms with Gasteiger partial charge in [0.05, 0.1) is 5.69 Å². The van der Waals surface area contributed by atoms with Crippen LogP contribution >= 0.6 is 0 Å². The Morgan fingerprint density at radius 3 is 2.38 bits per heavy atom. The van der Waals surface area contributed by atoms with E-state index in [9.17, 15) is 18.0 Å². The number of aromatic nitrogens is 2. The van der Waals surface area contributed by atoms with Crippen molar-refractivity contribution >= 4 is 23.5 Å². The molecular formula is C21H25F3N6O2. The zero-order chi connectivity index (χ0) is 22.6. The van der Waals surface area contributed by atoms with Gasteiger partial charge in [-0.1, -0.05) is 12.1 Å². The van der Waals surface area contributed by atoms with Crippen molar-refractivity contribution in [1.82, 2.24) is 14.9 Å². The van der Waals surface area contributed by atoms with Crippen LogP contribution in [-0.2, 0) is 0 Å². The summed E-state index contributed by atoms with van der Waals surface area (Å²) in [7, 11) is 0. The molecule has 11 heteroatoms. The monoisotopic (exact) mass is 450 g/mol. The molecule has 2 saturated heterocycles. The molecule has 32 heavy (non-hydrogen) atoms. The van der Waals surface area contributed by atoms with Crippen LogP contribution in [0, 0.1) is 0 Å². The van der Waals surface area contributed by atoms with Gasteiger partial charge < -0.3 is 24.8 Å². The predicted molar refractivity (Wildman–Crippen MR) is 114 cm³/mol. The van der Waals surface area contributed by atoms with Gasteiger partial charge in [-0.3, -0.25) is 0 Å². The van der Waals surface area contributed by atoms with E-state index >= 15 is 0 Å². The van der Waals surface area contributed by atoms with Crippen LogP contribution in [0.2, 0.25) is 0 Å². The van der Waals surface area contributed by atoms with Gasteiger partial charge in [-0.05, 0) is 37.5 Å². The summed E-state index contributed by atoms with van der Waals surface area (Å²) in [6, 6.07) is 6.86. The number of piperazine rings is 1. The minimum Gasteiger partial charge on any atom is -0.404 e. The number of halogens is 3. The minimum absolute atomic E-state index is 0.0285. The van der Waals surface area contributed by atoms with Gasteiger partial charge in [0, 0.05) is 45.5 Å². The number of anilines is 3. The molecule has 0 atom stereocenters. The number of carbonyl (C=O) groups is 1. The Morgan fingerprint density at radius 2 is 1.66 bits per heavy atom. The van der Waals surface area contributed by atoms with Gasteiger partial charge in [0.15, 0.2) is 5.75 Å². The number of benzene rings is 1. The molecule has 2 aliphatic heterocycles. The summed E-state index contributed by atoms with van der Waals surface area (Å²) in [6.07, 6.45) is 0.421. The second kappa shape index (κ2) is 9.49. The van der Waals surface area contributed by atoms with E-state index in [0.717, 1.165) is 43.8 Å². The van der Waals surface area contributed by atoms with Gasteiger partial charge in [-0.25, -0.2) is 9.78 Å². The first-order valence-electron chi connectivity index (χ1n) is 10.6. The molecule has 4 rings (SSSR count). The average molecular weight is 450 g/mol. The summed E-state index contributed by atoms with van der Waals surface area (Å²) in [5.74, 6) is 1.09. The lowest BCUT2D eigenvalue weighted by molar-refractivity contribution is -0.274. The molecule has 0 spiro atoms. The van der Waals surface area contributed by atoms with E-state index < -0.39 is 18.1 Å². The van der Waals surface area contributed by atoms with Crippen molar-refractivity contribution in [1.29, 1.82) is 0 Å². The summed E-state index contributed by atoms with van der Waals surface area (Å²) in [5, 5.41) is 2.52. The third-order valence-electron chi connectivity index (χ3n) is 5.51. The first-order valence-corrected chi connectivity index (χ1v) is 10.6. The Labute approximate surface area is 184 Å². The van der Waals surface area contributed by atoms with E-state index in [0.29, 0.717) is 26.2 Å². The van der Waals surface area contributed by atoms with Crippen molar-refractivity contribution in [2.24, 2.45) is 0 Å². The van der Waals surface area contributed by atoms with E-state index in [-0.39, 0.29) is 5.69 Å². The Kier molecular flexibility index (Phi) is 6.52. The highest BCUT2D eigenvalue weighted by Gasteiger charge is 2.32. The Morgan fingerprint density at radius 1 is 0.938 bits per heavy atom. The number of rotatable bonds is 4. The smallest absolute Gasteiger partial charge is 0.404 e. The van der Waals surface area contributed by atoms with Gasteiger partial charge in [0.1, 0.15) is 5.82 Å². The number of amides is 2. The average Bonchev–Trinajstić information content (AvgIpc) is 2.80. The molecule has 1 N–H and O–H groups in total. The topological polar surface area (TPSA) is 73.8 Å². The quantitative estimate of drug-likeness (QED) is 0.766. The third kappa shape index (κ3) is 5.51. The fraction of sp³-hybridized carbons (Fsp3) is 0.476. The van der Waals surface area contributed by atoms with Gasteiger partial charge in [0.25, 0.3) is 0 Å². The highest BCUT2D eigenvalue weighted by molar-refractivity contribution is 5.91. The van der Waals surface area contributed by atoms with Crippen molar-refractivity contribution in [3.63, 3.8) is 0 Å². The van der Waals surface area contributed by atoms with Gasteiger partial charge in [-0.2, -0.15) is 4.98 Å². The number of alkyl halides is 3. The Bertz CT molecular complexity index is 928. The highest BCUT2D eigenvalue weighted by atomic mass is 19.4. The molecule has 0 unspecified atom stereocenters. The van der Waals surface area contributed by atoms with Crippen molar-refractivity contribution < 1.29 is 22.7 Å². The largest absolute Gasteiger partial charge is 0.573 e. The van der Waals surface area contributed by atoms with E-state index in [2.05, 4.69) is 24.8 Å². The summed E-state index contributed by atoms with van der Waals surface area (Å²) in [5.41, 5.74) is -0.0285. The minimum atomic E-state index is -4.84. The number of piperidine rings is 1. The predicted octanol–water partition coefficient (Wildman–Crippen LogP) is 3.72. The number of hydrogen-bond donors (Lipinski definition) is 1. The molecule has 0 saturated carbocycles. The molecule has 8 nitrogen and oxygen atoms in total. The van der Waals surface area contributed by atoms with Crippen LogP contribution in [0.4, 0.5) is 35.4 Å². The summed E-state index contributed by atoms with van der Waals surface area (Å²) in [6.45, 7) is 3.86. The fourth-order valence-electron chi connectivity index (χ4n) is 3.88. The SMILES string of the molecule is O=C(Nc1ccccc1OC(F)(F)F)N1CCN(c2ccnc(N3CCCCC3)n2)CC1. The Hall–Kier alpha value is -3.24. The maximum atomic E-state index is 12.6. The number of hydrogen-bond acceptors (Lipinski definition) is 6. The summed E-state index contributed by atoms with van der Waals surface area (Å²) < 4.78 is 41.8. The number of ether oxygens (including phenoxy) is 1. The van der Waals surface area contributed by atoms with Crippen LogP contribution in [0.15, 0.2) is 36.5 Å². The Balaban J connectivity index is 1.35. The number of para-hydroxylation sites is 2. The first kappa shape index (κ1) is 22.0. The molecule has 172 valence electrons. The molecule has 2 amide bonds. The third-order valence-corrected chi connectivity index (χ3v) is 5.51. The van der Waals surface area contributed by atoms with Crippen molar-refractivity contribution in [3.05, 3.63) is 36.5 Å². The molecule has 0 aliphatic carbocycles. The van der Waals surface area contributed by atoms with Crippen molar-refractivity contribution in [2.75, 3.05) is 54.4 Å². The number of nitrogens with zero attached hydrogens (tertiary/aromatic N) is 5. The molecule has 3 heterocycles. The van der Waals surface area contributed by atoms with Crippen molar-refractivity contribution in [2.45, 2.75) is 25.6 Å². The molecule has 2 aliphatic rings. The van der Waals surface area contributed by atoms with Crippen LogP contribution in [-0.4, -0.2) is 66.5 Å². The normalized spacial score (nSPS) is 17.3. The van der Waals surface area contributed by atoms with Crippen molar-refractivity contribution in [3.8, 4) is 5.75 Å². The first-order chi connectivity index (χ1) is 15.4. The van der Waals surface area contributed by atoms with Gasteiger partial charge >= 0.3 is 12.4 Å². The maximum absolute atomic E-state index is 12.6. The number of nitrogens with one attached hydrogen (secondary N) is 1. The van der Waals surface area contributed by atoms with Crippen LogP contribution in [0.3, 0.4) is 0 Å². The van der Waals surface area contributed by atoms with Gasteiger partial charge in [-0.15, -0.1) is 13.2 Å². The van der Waals surface area contributed by atoms with Crippen LogP contribution in [0.1, 0.15) is 19.3 Å². The lowest BCUT2D eigenvalue weighted by Gasteiger charge is -2.36. The highest BCUT2D eigenvalue weighted by Crippen LogP contribution is 2.30. The summed E-state index contributed by atoms with van der Waals surface area (Å²) in [4.78, 5) is 27.6. The zero-order valence-corrected chi connectivity index (χ0v) is 17.5.